The molecule has 0 radical (unpaired) electrons. The molecule has 3 aliphatic heterocycles. The van der Waals surface area contributed by atoms with Crippen molar-refractivity contribution in [3.8, 4) is 11.6 Å². The molecule has 158 valence electrons. The van der Waals surface area contributed by atoms with Crippen molar-refractivity contribution in [1.29, 1.82) is 0 Å². The predicted molar refractivity (Wildman–Crippen MR) is 109 cm³/mol. The number of halogens is 3. The maximum absolute atomic E-state index is 13.5. The summed E-state index contributed by atoms with van der Waals surface area (Å²) in [7, 11) is 2.07. The minimum atomic E-state index is -3.72. The first-order valence-corrected chi connectivity index (χ1v) is 10.0. The molecule has 0 unspecified atom stereocenters. The number of rotatable bonds is 2. The van der Waals surface area contributed by atoms with Gasteiger partial charge in [-0.15, -0.1) is 8.78 Å². The van der Waals surface area contributed by atoms with E-state index in [2.05, 4.69) is 37.0 Å². The zero-order valence-electron chi connectivity index (χ0n) is 16.2. The molecule has 7 nitrogen and oxygen atoms in total. The zero-order valence-corrected chi connectivity index (χ0v) is 17.0. The minimum Gasteiger partial charge on any atom is -0.393 e. The van der Waals surface area contributed by atoms with Gasteiger partial charge in [-0.1, -0.05) is 23.7 Å². The number of aromatic nitrogens is 1. The van der Waals surface area contributed by atoms with Crippen molar-refractivity contribution >= 4 is 28.9 Å². The predicted octanol–water partition coefficient (Wildman–Crippen LogP) is 3.77. The molecule has 1 fully saturated rings. The number of anilines is 1. The van der Waals surface area contributed by atoms with Crippen LogP contribution in [0.25, 0.3) is 0 Å². The second-order valence-corrected chi connectivity index (χ2v) is 8.22. The first-order valence-electron chi connectivity index (χ1n) is 9.67. The van der Waals surface area contributed by atoms with Crippen LogP contribution in [0.5, 0.6) is 11.6 Å². The number of ether oxygens (including phenoxy) is 2. The van der Waals surface area contributed by atoms with Crippen LogP contribution in [-0.4, -0.2) is 47.7 Å². The van der Waals surface area contributed by atoms with Gasteiger partial charge in [-0.2, -0.15) is 4.98 Å². The highest BCUT2D eigenvalue weighted by molar-refractivity contribution is 6.30. The third kappa shape index (κ3) is 3.52. The molecule has 4 heterocycles. The number of hydrogen-bond donors (Lipinski definition) is 2. The Balaban J connectivity index is 1.48. The molecular weight excluding hydrogens is 416 g/mol. The van der Waals surface area contributed by atoms with Gasteiger partial charge in [0, 0.05) is 30.7 Å². The molecule has 1 aromatic heterocycles. The third-order valence-corrected chi connectivity index (χ3v) is 5.85. The van der Waals surface area contributed by atoms with Crippen molar-refractivity contribution < 1.29 is 18.3 Å². The number of alkyl halides is 2. The van der Waals surface area contributed by atoms with Crippen LogP contribution in [0.15, 0.2) is 35.3 Å². The molecule has 2 N–H and O–H groups in total. The number of amidine groups is 1. The normalized spacial score (nSPS) is 21.0. The molecule has 10 heteroatoms. The molecule has 0 amide bonds. The van der Waals surface area contributed by atoms with Gasteiger partial charge in [-0.3, -0.25) is 0 Å². The van der Waals surface area contributed by atoms with Gasteiger partial charge in [0.05, 0.1) is 11.2 Å². The fraction of sp³-hybridized carbons (Fsp3) is 0.400. The molecule has 30 heavy (non-hydrogen) atoms. The van der Waals surface area contributed by atoms with Gasteiger partial charge < -0.3 is 25.0 Å². The SMILES string of the molecule is CN1CCC2(CC1)Nc1cc3c(nc1N=C2NCc1cccc(Cl)c1)OC(F)(F)O3. The second-order valence-electron chi connectivity index (χ2n) is 7.78. The molecular formula is C20H20ClF2N5O2. The summed E-state index contributed by atoms with van der Waals surface area (Å²) in [5, 5.41) is 7.57. The molecule has 2 aromatic rings. The molecule has 1 aromatic carbocycles. The highest BCUT2D eigenvalue weighted by atomic mass is 35.5. The zero-order chi connectivity index (χ0) is 20.9. The van der Waals surface area contributed by atoms with E-state index >= 15 is 0 Å². The standard InChI is InChI=1S/C20H20ClF2N5O2/c1-28-7-5-19(6-8-28)18(24-11-12-3-2-4-13(21)9-12)26-16-14(27-19)10-15-17(25-16)30-20(22,23)29-15/h2-4,9-10,27H,5-8,11H2,1H3,(H,24,25,26). The highest BCUT2D eigenvalue weighted by Gasteiger charge is 2.47. The number of nitrogens with zero attached hydrogens (tertiary/aromatic N) is 3. The van der Waals surface area contributed by atoms with E-state index < -0.39 is 11.8 Å². The minimum absolute atomic E-state index is 0.0973. The Kier molecular flexibility index (Phi) is 4.48. The molecule has 1 saturated heterocycles. The number of pyridine rings is 1. The van der Waals surface area contributed by atoms with Crippen LogP contribution in [-0.2, 0) is 6.54 Å². The molecule has 3 aliphatic rings. The molecule has 0 aliphatic carbocycles. The second kappa shape index (κ2) is 6.95. The first-order chi connectivity index (χ1) is 14.3. The molecule has 0 bridgehead atoms. The van der Waals surface area contributed by atoms with E-state index in [1.54, 1.807) is 0 Å². The van der Waals surface area contributed by atoms with Gasteiger partial charge in [0.1, 0.15) is 5.84 Å². The molecule has 0 saturated carbocycles. The number of piperidine rings is 1. The van der Waals surface area contributed by atoms with E-state index in [1.807, 2.05) is 24.3 Å². The van der Waals surface area contributed by atoms with E-state index in [4.69, 9.17) is 16.6 Å². The van der Waals surface area contributed by atoms with Crippen LogP contribution in [0.3, 0.4) is 0 Å². The lowest BCUT2D eigenvalue weighted by Gasteiger charge is -2.44. The number of aliphatic imine (C=N–C) groups is 1. The Bertz CT molecular complexity index is 1020. The van der Waals surface area contributed by atoms with Crippen molar-refractivity contribution in [2.45, 2.75) is 31.2 Å². The lowest BCUT2D eigenvalue weighted by Crippen LogP contribution is -2.58. The smallest absolute Gasteiger partial charge is 0.393 e. The average Bonchev–Trinajstić information content (AvgIpc) is 2.99. The fourth-order valence-corrected chi connectivity index (χ4v) is 4.20. The lowest BCUT2D eigenvalue weighted by atomic mass is 9.84. The van der Waals surface area contributed by atoms with Crippen LogP contribution < -0.4 is 20.1 Å². The van der Waals surface area contributed by atoms with Crippen molar-refractivity contribution in [3.63, 3.8) is 0 Å². The van der Waals surface area contributed by atoms with Gasteiger partial charge in [0.2, 0.25) is 0 Å². The van der Waals surface area contributed by atoms with Crippen LogP contribution in [0.2, 0.25) is 5.02 Å². The van der Waals surface area contributed by atoms with E-state index in [0.717, 1.165) is 37.3 Å². The largest absolute Gasteiger partial charge is 0.587 e. The maximum Gasteiger partial charge on any atom is 0.587 e. The van der Waals surface area contributed by atoms with Crippen molar-refractivity contribution in [2.24, 2.45) is 4.99 Å². The summed E-state index contributed by atoms with van der Waals surface area (Å²) in [6, 6.07) is 9.06. The first kappa shape index (κ1) is 19.3. The van der Waals surface area contributed by atoms with E-state index in [-0.39, 0.29) is 17.4 Å². The number of likely N-dealkylation sites (tertiary alicyclic amines) is 1. The van der Waals surface area contributed by atoms with Crippen LogP contribution in [0.4, 0.5) is 20.3 Å². The summed E-state index contributed by atoms with van der Waals surface area (Å²) in [6.07, 6.45) is -2.12. The van der Waals surface area contributed by atoms with Crippen molar-refractivity contribution in [2.75, 3.05) is 25.5 Å². The number of nitrogens with one attached hydrogen (secondary N) is 2. The monoisotopic (exact) mass is 435 g/mol. The summed E-state index contributed by atoms with van der Waals surface area (Å²) < 4.78 is 36.0. The van der Waals surface area contributed by atoms with Crippen LogP contribution >= 0.6 is 11.6 Å². The summed E-state index contributed by atoms with van der Waals surface area (Å²) in [5.41, 5.74) is 1.11. The lowest BCUT2D eigenvalue weighted by molar-refractivity contribution is -0.287. The van der Waals surface area contributed by atoms with E-state index in [1.165, 1.54) is 6.07 Å². The summed E-state index contributed by atoms with van der Waals surface area (Å²) >= 11 is 6.10. The van der Waals surface area contributed by atoms with Gasteiger partial charge in [0.25, 0.3) is 5.88 Å². The highest BCUT2D eigenvalue weighted by Crippen LogP contribution is 2.46. The van der Waals surface area contributed by atoms with Crippen molar-refractivity contribution in [3.05, 3.63) is 40.9 Å². The molecule has 1 spiro atoms. The average molecular weight is 436 g/mol. The van der Waals surface area contributed by atoms with Gasteiger partial charge in [-0.25, -0.2) is 4.99 Å². The molecule has 5 rings (SSSR count). The quantitative estimate of drug-likeness (QED) is 0.748. The van der Waals surface area contributed by atoms with Crippen LogP contribution in [0.1, 0.15) is 18.4 Å². The Morgan fingerprint density at radius 2 is 2.03 bits per heavy atom. The molecule has 0 atom stereocenters. The summed E-state index contributed by atoms with van der Waals surface area (Å²) in [4.78, 5) is 11.1. The number of fused-ring (bicyclic) bond motifs is 2. The number of benzene rings is 1. The van der Waals surface area contributed by atoms with Gasteiger partial charge in [-0.05, 0) is 37.6 Å². The summed E-state index contributed by atoms with van der Waals surface area (Å²) in [6.45, 7) is 2.27. The Morgan fingerprint density at radius 3 is 2.80 bits per heavy atom. The Labute approximate surface area is 177 Å². The van der Waals surface area contributed by atoms with E-state index in [0.29, 0.717) is 17.3 Å². The van der Waals surface area contributed by atoms with Gasteiger partial charge >= 0.3 is 6.29 Å². The Hall–Kier alpha value is -2.65. The topological polar surface area (TPSA) is 71.0 Å². The number of hydrogen-bond acceptors (Lipinski definition) is 7. The van der Waals surface area contributed by atoms with Crippen LogP contribution in [0, 0.1) is 0 Å². The Morgan fingerprint density at radius 1 is 1.23 bits per heavy atom. The fourth-order valence-electron chi connectivity index (χ4n) is 3.99. The van der Waals surface area contributed by atoms with Crippen molar-refractivity contribution in [1.82, 2.24) is 15.2 Å². The summed E-state index contributed by atoms with van der Waals surface area (Å²) in [5.74, 6) is 0.645. The maximum atomic E-state index is 13.5. The third-order valence-electron chi connectivity index (χ3n) is 5.61. The van der Waals surface area contributed by atoms with Gasteiger partial charge in [0.15, 0.2) is 11.6 Å². The van der Waals surface area contributed by atoms with E-state index in [9.17, 15) is 8.78 Å².